The number of hydrogen-bond donors (Lipinski definition) is 1. The van der Waals surface area contributed by atoms with Crippen LogP contribution in [0.3, 0.4) is 0 Å². The zero-order valence-electron chi connectivity index (χ0n) is 10.7. The lowest BCUT2D eigenvalue weighted by Gasteiger charge is -2.17. The number of carbonyl (C=O) groups excluding carboxylic acids is 2. The van der Waals surface area contributed by atoms with Crippen LogP contribution in [0.4, 0.5) is 0 Å². The molecule has 1 saturated heterocycles. The Bertz CT molecular complexity index is 538. The third-order valence-electron chi connectivity index (χ3n) is 2.82. The minimum absolute atomic E-state index is 0.00456. The Morgan fingerprint density at radius 3 is 2.85 bits per heavy atom. The second-order valence-electron chi connectivity index (χ2n) is 4.35. The number of rotatable bonds is 4. The van der Waals surface area contributed by atoms with Crippen molar-refractivity contribution in [2.24, 2.45) is 0 Å². The summed E-state index contributed by atoms with van der Waals surface area (Å²) in [4.78, 5) is 23.4. The second kappa shape index (κ2) is 6.70. The summed E-state index contributed by atoms with van der Waals surface area (Å²) in [6, 6.07) is 4.36. The van der Waals surface area contributed by atoms with E-state index in [9.17, 15) is 9.59 Å². The molecule has 1 heterocycles. The fraction of sp³-hybridized carbons (Fsp3) is 0.385. The van der Waals surface area contributed by atoms with Gasteiger partial charge >= 0.3 is 0 Å². The Morgan fingerprint density at radius 2 is 2.25 bits per heavy atom. The molecule has 1 N–H and O–H groups in total. The summed E-state index contributed by atoms with van der Waals surface area (Å²) >= 11 is 13.0. The summed E-state index contributed by atoms with van der Waals surface area (Å²) in [6.07, 6.45) is -0.0870. The first-order valence-corrected chi connectivity index (χ1v) is 7.80. The van der Waals surface area contributed by atoms with Crippen molar-refractivity contribution in [1.29, 1.82) is 0 Å². The van der Waals surface area contributed by atoms with E-state index in [1.54, 1.807) is 25.1 Å². The molecule has 0 aromatic heterocycles. The van der Waals surface area contributed by atoms with Crippen molar-refractivity contribution in [3.05, 3.63) is 28.2 Å². The summed E-state index contributed by atoms with van der Waals surface area (Å²) in [5, 5.41) is 3.50. The average molecular weight is 334 g/mol. The fourth-order valence-corrected chi connectivity index (χ4v) is 3.12. The van der Waals surface area contributed by atoms with E-state index in [0.29, 0.717) is 22.2 Å². The van der Waals surface area contributed by atoms with Crippen LogP contribution < -0.4 is 10.1 Å². The van der Waals surface area contributed by atoms with Crippen LogP contribution in [0.2, 0.25) is 10.0 Å². The topological polar surface area (TPSA) is 55.4 Å². The van der Waals surface area contributed by atoms with Gasteiger partial charge in [0.25, 0.3) is 5.91 Å². The van der Waals surface area contributed by atoms with Crippen LogP contribution in [0.25, 0.3) is 0 Å². The summed E-state index contributed by atoms with van der Waals surface area (Å²) in [5.74, 6) is 0.782. The molecule has 0 radical (unpaired) electrons. The quantitative estimate of drug-likeness (QED) is 0.920. The van der Waals surface area contributed by atoms with Crippen molar-refractivity contribution in [3.63, 3.8) is 0 Å². The predicted octanol–water partition coefficient (Wildman–Crippen LogP) is 2.91. The van der Waals surface area contributed by atoms with Gasteiger partial charge in [-0.25, -0.2) is 0 Å². The molecule has 2 rings (SSSR count). The highest BCUT2D eigenvalue weighted by atomic mass is 35.5. The van der Waals surface area contributed by atoms with Gasteiger partial charge in [-0.3, -0.25) is 9.59 Å². The van der Waals surface area contributed by atoms with Gasteiger partial charge in [0.15, 0.2) is 6.10 Å². The standard InChI is InChI=1S/C13H13Cl2NO3S/c1-7(12(17)16-10-4-5-20-13(10)18)19-11-3-2-8(14)6-9(11)15/h2-3,6-7,10H,4-5H2,1H3,(H,16,17)/t7-,10-/m1/s1. The SMILES string of the molecule is C[C@@H](Oc1ccc(Cl)cc1Cl)C(=O)N[C@@H]1CCSC1=O. The van der Waals surface area contributed by atoms with Crippen LogP contribution in [-0.2, 0) is 9.59 Å². The first-order chi connectivity index (χ1) is 9.47. The molecule has 1 amide bonds. The number of thioether (sulfide) groups is 1. The maximum Gasteiger partial charge on any atom is 0.261 e. The summed E-state index contributed by atoms with van der Waals surface area (Å²) in [5.41, 5.74) is 0. The van der Waals surface area contributed by atoms with Gasteiger partial charge < -0.3 is 10.1 Å². The number of halogens is 2. The molecule has 0 unspecified atom stereocenters. The van der Waals surface area contributed by atoms with Gasteiger partial charge in [-0.05, 0) is 31.5 Å². The highest BCUT2D eigenvalue weighted by Crippen LogP contribution is 2.28. The van der Waals surface area contributed by atoms with Gasteiger partial charge in [-0.1, -0.05) is 35.0 Å². The molecule has 1 aromatic carbocycles. The molecular formula is C13H13Cl2NO3S. The highest BCUT2D eigenvalue weighted by Gasteiger charge is 2.28. The van der Waals surface area contributed by atoms with E-state index in [1.807, 2.05) is 0 Å². The Morgan fingerprint density at radius 1 is 1.50 bits per heavy atom. The summed E-state index contributed by atoms with van der Waals surface area (Å²) in [6.45, 7) is 1.60. The molecule has 20 heavy (non-hydrogen) atoms. The van der Waals surface area contributed by atoms with Crippen molar-refractivity contribution in [1.82, 2.24) is 5.32 Å². The number of nitrogens with one attached hydrogen (secondary N) is 1. The molecule has 7 heteroatoms. The van der Waals surface area contributed by atoms with E-state index in [0.717, 1.165) is 5.75 Å². The smallest absolute Gasteiger partial charge is 0.261 e. The Kier molecular flexibility index (Phi) is 5.18. The molecule has 1 aliphatic heterocycles. The van der Waals surface area contributed by atoms with Crippen molar-refractivity contribution >= 4 is 46.0 Å². The molecule has 1 aliphatic rings. The fourth-order valence-electron chi connectivity index (χ4n) is 1.73. The summed E-state index contributed by atoms with van der Waals surface area (Å²) in [7, 11) is 0. The molecule has 2 atom stereocenters. The Labute approximate surface area is 131 Å². The lowest BCUT2D eigenvalue weighted by Crippen LogP contribution is -2.44. The molecule has 108 valence electrons. The first kappa shape index (κ1) is 15.5. The molecule has 1 aromatic rings. The molecular weight excluding hydrogens is 321 g/mol. The normalized spacial score (nSPS) is 19.8. The van der Waals surface area contributed by atoms with Crippen LogP contribution in [0.5, 0.6) is 5.75 Å². The Hall–Kier alpha value is -0.910. The third kappa shape index (κ3) is 3.81. The van der Waals surface area contributed by atoms with Crippen molar-refractivity contribution in [2.45, 2.75) is 25.5 Å². The van der Waals surface area contributed by atoms with Crippen molar-refractivity contribution in [2.75, 3.05) is 5.75 Å². The van der Waals surface area contributed by atoms with Crippen LogP contribution in [0, 0.1) is 0 Å². The second-order valence-corrected chi connectivity index (χ2v) is 6.30. The lowest BCUT2D eigenvalue weighted by molar-refractivity contribution is -0.129. The Balaban J connectivity index is 1.95. The van der Waals surface area contributed by atoms with E-state index in [-0.39, 0.29) is 11.0 Å². The van der Waals surface area contributed by atoms with Crippen LogP contribution in [-0.4, -0.2) is 28.9 Å². The zero-order valence-corrected chi connectivity index (χ0v) is 13.0. The van der Waals surface area contributed by atoms with E-state index in [4.69, 9.17) is 27.9 Å². The van der Waals surface area contributed by atoms with Gasteiger partial charge in [0, 0.05) is 10.8 Å². The number of amides is 1. The van der Waals surface area contributed by atoms with Crippen LogP contribution in [0.1, 0.15) is 13.3 Å². The van der Waals surface area contributed by atoms with E-state index < -0.39 is 12.1 Å². The molecule has 0 bridgehead atoms. The van der Waals surface area contributed by atoms with Gasteiger partial charge in [0.05, 0.1) is 11.1 Å². The maximum atomic E-state index is 12.0. The molecule has 1 fully saturated rings. The number of hydrogen-bond acceptors (Lipinski definition) is 4. The highest BCUT2D eigenvalue weighted by molar-refractivity contribution is 8.14. The lowest BCUT2D eigenvalue weighted by atomic mass is 10.2. The first-order valence-electron chi connectivity index (χ1n) is 6.06. The van der Waals surface area contributed by atoms with Crippen LogP contribution in [0.15, 0.2) is 18.2 Å². The van der Waals surface area contributed by atoms with Gasteiger partial charge in [0.2, 0.25) is 5.12 Å². The molecule has 0 aliphatic carbocycles. The number of ether oxygens (including phenoxy) is 1. The van der Waals surface area contributed by atoms with E-state index in [2.05, 4.69) is 5.32 Å². The van der Waals surface area contributed by atoms with Gasteiger partial charge in [-0.2, -0.15) is 0 Å². The summed E-state index contributed by atoms with van der Waals surface area (Å²) < 4.78 is 5.49. The largest absolute Gasteiger partial charge is 0.479 e. The molecule has 0 saturated carbocycles. The average Bonchev–Trinajstić information content (AvgIpc) is 2.78. The van der Waals surface area contributed by atoms with Crippen molar-refractivity contribution in [3.8, 4) is 5.75 Å². The van der Waals surface area contributed by atoms with E-state index >= 15 is 0 Å². The predicted molar refractivity (Wildman–Crippen MR) is 80.6 cm³/mol. The number of benzene rings is 1. The van der Waals surface area contributed by atoms with Crippen molar-refractivity contribution < 1.29 is 14.3 Å². The third-order valence-corrected chi connectivity index (χ3v) is 4.36. The van der Waals surface area contributed by atoms with Crippen LogP contribution >= 0.6 is 35.0 Å². The molecule has 0 spiro atoms. The molecule has 4 nitrogen and oxygen atoms in total. The zero-order chi connectivity index (χ0) is 14.7. The van der Waals surface area contributed by atoms with Gasteiger partial charge in [0.1, 0.15) is 5.75 Å². The monoisotopic (exact) mass is 333 g/mol. The minimum atomic E-state index is -0.743. The van der Waals surface area contributed by atoms with Gasteiger partial charge in [-0.15, -0.1) is 0 Å². The maximum absolute atomic E-state index is 12.0. The minimum Gasteiger partial charge on any atom is -0.479 e. The van der Waals surface area contributed by atoms with E-state index in [1.165, 1.54) is 11.8 Å². The number of carbonyl (C=O) groups is 2.